The first-order valence-corrected chi connectivity index (χ1v) is 14.2. The molecular formula is C31H32N4O4S. The molecule has 0 aliphatic carbocycles. The number of anilines is 4. The molecule has 1 aliphatic rings. The Labute approximate surface area is 238 Å². The number of hydrogen-bond acceptors (Lipinski definition) is 8. The summed E-state index contributed by atoms with van der Waals surface area (Å²) in [6.45, 7) is 7.44. The molecule has 0 atom stereocenters. The van der Waals surface area contributed by atoms with Crippen molar-refractivity contribution in [2.24, 2.45) is 0 Å². The first-order chi connectivity index (χ1) is 19.5. The van der Waals surface area contributed by atoms with Gasteiger partial charge in [0, 0.05) is 52.7 Å². The van der Waals surface area contributed by atoms with Crippen LogP contribution in [0.1, 0.15) is 24.2 Å². The predicted octanol–water partition coefficient (Wildman–Crippen LogP) is 6.02. The maximum Gasteiger partial charge on any atom is 0.255 e. The summed E-state index contributed by atoms with van der Waals surface area (Å²) in [4.78, 5) is 32.7. The van der Waals surface area contributed by atoms with Gasteiger partial charge in [-0.1, -0.05) is 12.1 Å². The van der Waals surface area contributed by atoms with Crippen molar-refractivity contribution in [3.63, 3.8) is 0 Å². The fourth-order valence-corrected chi connectivity index (χ4v) is 5.53. The number of nitrogens with zero attached hydrogens (tertiary/aromatic N) is 3. The summed E-state index contributed by atoms with van der Waals surface area (Å²) in [5.74, 6) is 0.504. The molecule has 3 aromatic carbocycles. The summed E-state index contributed by atoms with van der Waals surface area (Å²) in [6.07, 6.45) is 0.733. The SMILES string of the molecule is CC(C)N(c1ccc(OCC=O)cc1)c1nc(-c2ccc(NC(=O)c3ccc(N4CCOCC4)cc3)cc2)cs1. The Bertz CT molecular complexity index is 1410. The number of aldehydes is 1. The second-order valence-electron chi connectivity index (χ2n) is 9.63. The number of benzene rings is 3. The fourth-order valence-electron chi connectivity index (χ4n) is 4.54. The number of hydrogen-bond donors (Lipinski definition) is 1. The zero-order valence-corrected chi connectivity index (χ0v) is 23.4. The van der Waals surface area contributed by atoms with Crippen molar-refractivity contribution in [2.75, 3.05) is 48.0 Å². The molecule has 0 radical (unpaired) electrons. The number of ether oxygens (including phenoxy) is 2. The van der Waals surface area contributed by atoms with Gasteiger partial charge in [0.1, 0.15) is 12.4 Å². The highest BCUT2D eigenvalue weighted by Crippen LogP contribution is 2.35. The first-order valence-electron chi connectivity index (χ1n) is 13.3. The van der Waals surface area contributed by atoms with Crippen molar-refractivity contribution in [2.45, 2.75) is 19.9 Å². The lowest BCUT2D eigenvalue weighted by molar-refractivity contribution is -0.109. The summed E-state index contributed by atoms with van der Waals surface area (Å²) in [5, 5.41) is 5.90. The largest absolute Gasteiger partial charge is 0.486 e. The summed E-state index contributed by atoms with van der Waals surface area (Å²) in [5.41, 5.74) is 5.27. The first kappa shape index (κ1) is 27.4. The second-order valence-corrected chi connectivity index (χ2v) is 10.5. The van der Waals surface area contributed by atoms with E-state index >= 15 is 0 Å². The van der Waals surface area contributed by atoms with Gasteiger partial charge in [-0.05, 0) is 74.5 Å². The Hall–Kier alpha value is -4.21. The van der Waals surface area contributed by atoms with E-state index in [1.165, 1.54) is 0 Å². The highest BCUT2D eigenvalue weighted by Gasteiger charge is 2.18. The van der Waals surface area contributed by atoms with Gasteiger partial charge in [0.05, 0.1) is 18.9 Å². The van der Waals surface area contributed by atoms with Gasteiger partial charge in [-0.25, -0.2) is 4.98 Å². The molecule has 206 valence electrons. The molecular weight excluding hydrogens is 524 g/mol. The third-order valence-electron chi connectivity index (χ3n) is 6.59. The van der Waals surface area contributed by atoms with Gasteiger partial charge < -0.3 is 24.6 Å². The number of morpholine rings is 1. The summed E-state index contributed by atoms with van der Waals surface area (Å²) < 4.78 is 10.8. The van der Waals surface area contributed by atoms with Gasteiger partial charge in [0.2, 0.25) is 0 Å². The van der Waals surface area contributed by atoms with Crippen LogP contribution in [0.5, 0.6) is 5.75 Å². The molecule has 2 heterocycles. The number of carbonyl (C=O) groups excluding carboxylic acids is 2. The van der Waals surface area contributed by atoms with Crippen LogP contribution in [0.2, 0.25) is 0 Å². The molecule has 4 aromatic rings. The second kappa shape index (κ2) is 12.8. The normalized spacial score (nSPS) is 13.2. The number of aromatic nitrogens is 1. The van der Waals surface area contributed by atoms with Crippen molar-refractivity contribution in [1.82, 2.24) is 4.98 Å². The maximum atomic E-state index is 12.8. The molecule has 1 aliphatic heterocycles. The Morgan fingerprint density at radius 3 is 2.40 bits per heavy atom. The van der Waals surface area contributed by atoms with E-state index in [2.05, 4.69) is 29.0 Å². The highest BCUT2D eigenvalue weighted by molar-refractivity contribution is 7.14. The van der Waals surface area contributed by atoms with Crippen LogP contribution in [0.4, 0.5) is 22.2 Å². The molecule has 1 aromatic heterocycles. The topological polar surface area (TPSA) is 84.0 Å². The number of carbonyl (C=O) groups is 2. The summed E-state index contributed by atoms with van der Waals surface area (Å²) in [7, 11) is 0. The van der Waals surface area contributed by atoms with Crippen molar-refractivity contribution < 1.29 is 19.1 Å². The molecule has 8 nitrogen and oxygen atoms in total. The van der Waals surface area contributed by atoms with E-state index in [9.17, 15) is 9.59 Å². The minimum absolute atomic E-state index is 0.0357. The average molecular weight is 557 g/mol. The van der Waals surface area contributed by atoms with Crippen LogP contribution in [0, 0.1) is 0 Å². The van der Waals surface area contributed by atoms with Crippen LogP contribution >= 0.6 is 11.3 Å². The van der Waals surface area contributed by atoms with E-state index in [1.54, 1.807) is 11.3 Å². The van der Waals surface area contributed by atoms with Crippen LogP contribution in [-0.2, 0) is 9.53 Å². The van der Waals surface area contributed by atoms with Crippen LogP contribution in [0.3, 0.4) is 0 Å². The standard InChI is InChI=1S/C31H32N4O4S/c1-22(2)35(27-11-13-28(14-12-27)39-20-17-36)31-33-29(21-40-31)23-3-7-25(8-4-23)32-30(37)24-5-9-26(10-6-24)34-15-18-38-19-16-34/h3-14,17,21-22H,15-16,18-20H2,1-2H3,(H,32,37). The van der Waals surface area contributed by atoms with Crippen LogP contribution in [0.15, 0.2) is 78.2 Å². The molecule has 0 bridgehead atoms. The third-order valence-corrected chi connectivity index (χ3v) is 7.43. The fraction of sp³-hybridized carbons (Fsp3) is 0.258. The van der Waals surface area contributed by atoms with E-state index in [-0.39, 0.29) is 18.6 Å². The summed E-state index contributed by atoms with van der Waals surface area (Å²) in [6, 6.07) is 23.2. The lowest BCUT2D eigenvalue weighted by atomic mass is 10.1. The minimum Gasteiger partial charge on any atom is -0.486 e. The van der Waals surface area contributed by atoms with Crippen molar-refractivity contribution in [1.29, 1.82) is 0 Å². The molecule has 0 saturated carbocycles. The maximum absolute atomic E-state index is 12.8. The van der Waals surface area contributed by atoms with Crippen LogP contribution < -0.4 is 19.9 Å². The van der Waals surface area contributed by atoms with Crippen LogP contribution in [0.25, 0.3) is 11.3 Å². The Morgan fingerprint density at radius 2 is 1.75 bits per heavy atom. The third kappa shape index (κ3) is 6.50. The average Bonchev–Trinajstić information content (AvgIpc) is 3.47. The van der Waals surface area contributed by atoms with Gasteiger partial charge in [0.15, 0.2) is 11.4 Å². The van der Waals surface area contributed by atoms with Gasteiger partial charge >= 0.3 is 0 Å². The zero-order valence-electron chi connectivity index (χ0n) is 22.6. The Kier molecular flexibility index (Phi) is 8.73. The Morgan fingerprint density at radius 1 is 1.05 bits per heavy atom. The Balaban J connectivity index is 1.24. The van der Waals surface area contributed by atoms with E-state index in [1.807, 2.05) is 78.2 Å². The van der Waals surface area contributed by atoms with Gasteiger partial charge in [-0.15, -0.1) is 11.3 Å². The number of thiazole rings is 1. The molecule has 5 rings (SSSR count). The molecule has 9 heteroatoms. The lowest BCUT2D eigenvalue weighted by Crippen LogP contribution is -2.36. The molecule has 1 amide bonds. The molecule has 0 unspecified atom stereocenters. The zero-order chi connectivity index (χ0) is 27.9. The molecule has 40 heavy (non-hydrogen) atoms. The monoisotopic (exact) mass is 556 g/mol. The smallest absolute Gasteiger partial charge is 0.255 e. The van der Waals surface area contributed by atoms with E-state index in [0.717, 1.165) is 66.0 Å². The quantitative estimate of drug-likeness (QED) is 0.239. The van der Waals surface area contributed by atoms with E-state index in [4.69, 9.17) is 14.5 Å². The summed E-state index contributed by atoms with van der Waals surface area (Å²) >= 11 is 1.57. The van der Waals surface area contributed by atoms with E-state index in [0.29, 0.717) is 11.3 Å². The van der Waals surface area contributed by atoms with Crippen molar-refractivity contribution in [3.8, 4) is 17.0 Å². The number of nitrogens with one attached hydrogen (secondary N) is 1. The minimum atomic E-state index is -0.146. The van der Waals surface area contributed by atoms with Gasteiger partial charge in [-0.3, -0.25) is 9.59 Å². The highest BCUT2D eigenvalue weighted by atomic mass is 32.1. The molecule has 1 N–H and O–H groups in total. The number of amides is 1. The van der Waals surface area contributed by atoms with Crippen molar-refractivity contribution >= 4 is 45.7 Å². The molecule has 1 saturated heterocycles. The van der Waals surface area contributed by atoms with Gasteiger partial charge in [-0.2, -0.15) is 0 Å². The number of rotatable bonds is 10. The lowest BCUT2D eigenvalue weighted by Gasteiger charge is -2.28. The van der Waals surface area contributed by atoms with Crippen LogP contribution in [-0.4, -0.2) is 56.1 Å². The van der Waals surface area contributed by atoms with E-state index < -0.39 is 0 Å². The molecule has 1 fully saturated rings. The predicted molar refractivity (Wildman–Crippen MR) is 160 cm³/mol. The van der Waals surface area contributed by atoms with Gasteiger partial charge in [0.25, 0.3) is 5.91 Å². The van der Waals surface area contributed by atoms with Crippen molar-refractivity contribution in [3.05, 3.63) is 83.7 Å². The molecule has 0 spiro atoms.